The summed E-state index contributed by atoms with van der Waals surface area (Å²) >= 11 is 3.07. The summed E-state index contributed by atoms with van der Waals surface area (Å²) in [5.74, 6) is -0.870. The van der Waals surface area contributed by atoms with Crippen molar-refractivity contribution in [2.24, 2.45) is 5.73 Å². The lowest BCUT2D eigenvalue weighted by atomic mass is 10.3. The van der Waals surface area contributed by atoms with Gasteiger partial charge in [-0.3, -0.25) is 9.59 Å². The summed E-state index contributed by atoms with van der Waals surface area (Å²) in [6.07, 6.45) is 1.38. The molecule has 0 fully saturated rings. The summed E-state index contributed by atoms with van der Waals surface area (Å²) in [6.45, 7) is -0.115. The first-order chi connectivity index (χ1) is 6.52. The number of halogens is 1. The summed E-state index contributed by atoms with van der Waals surface area (Å²) in [5.41, 5.74) is 5.32. The number of carbonyl (C=O) groups excluding carboxylic acids is 2. The molecule has 2 N–H and O–H groups in total. The van der Waals surface area contributed by atoms with Crippen LogP contribution in [0, 0.1) is 0 Å². The minimum Gasteiger partial charge on any atom is -0.457 e. The molecule has 2 amide bonds. The Labute approximate surface area is 89.0 Å². The number of hydrogen-bond acceptors (Lipinski definition) is 3. The number of primary amides is 1. The van der Waals surface area contributed by atoms with Crippen LogP contribution in [0.2, 0.25) is 0 Å². The number of amides is 2. The van der Waals surface area contributed by atoms with E-state index in [0.717, 1.165) is 0 Å². The SMILES string of the molecule is CN(CC(N)=O)C(=O)c1ccoc1Br. The highest BCUT2D eigenvalue weighted by molar-refractivity contribution is 9.10. The van der Waals surface area contributed by atoms with Crippen molar-refractivity contribution in [3.05, 3.63) is 22.6 Å². The number of nitrogens with two attached hydrogens (primary N) is 1. The van der Waals surface area contributed by atoms with Crippen LogP contribution in [-0.2, 0) is 4.79 Å². The van der Waals surface area contributed by atoms with Gasteiger partial charge in [0.2, 0.25) is 5.91 Å². The van der Waals surface area contributed by atoms with Crippen molar-refractivity contribution in [1.29, 1.82) is 0 Å². The van der Waals surface area contributed by atoms with Crippen molar-refractivity contribution < 1.29 is 14.0 Å². The summed E-state index contributed by atoms with van der Waals surface area (Å²) < 4.78 is 5.24. The summed E-state index contributed by atoms with van der Waals surface area (Å²) in [6, 6.07) is 1.52. The Morgan fingerprint density at radius 1 is 1.64 bits per heavy atom. The zero-order chi connectivity index (χ0) is 10.7. The maximum Gasteiger partial charge on any atom is 0.258 e. The van der Waals surface area contributed by atoms with Crippen LogP contribution in [0.1, 0.15) is 10.4 Å². The van der Waals surface area contributed by atoms with Crippen LogP contribution in [0.15, 0.2) is 21.4 Å². The highest BCUT2D eigenvalue weighted by Crippen LogP contribution is 2.18. The molecule has 14 heavy (non-hydrogen) atoms. The van der Waals surface area contributed by atoms with Crippen LogP contribution in [0.3, 0.4) is 0 Å². The van der Waals surface area contributed by atoms with Crippen LogP contribution in [0.5, 0.6) is 0 Å². The smallest absolute Gasteiger partial charge is 0.258 e. The predicted octanol–water partition coefficient (Wildman–Crippen LogP) is 0.599. The Morgan fingerprint density at radius 3 is 2.71 bits per heavy atom. The minimum absolute atomic E-state index is 0.115. The van der Waals surface area contributed by atoms with Gasteiger partial charge in [0.1, 0.15) is 0 Å². The van der Waals surface area contributed by atoms with Crippen molar-refractivity contribution in [2.45, 2.75) is 0 Å². The third-order valence-electron chi connectivity index (χ3n) is 1.59. The van der Waals surface area contributed by atoms with Gasteiger partial charge in [-0.25, -0.2) is 0 Å². The van der Waals surface area contributed by atoms with E-state index in [-0.39, 0.29) is 12.5 Å². The maximum atomic E-state index is 11.6. The summed E-state index contributed by atoms with van der Waals surface area (Å²) in [4.78, 5) is 23.4. The second-order valence-corrected chi connectivity index (χ2v) is 3.46. The zero-order valence-electron chi connectivity index (χ0n) is 7.49. The van der Waals surface area contributed by atoms with E-state index in [1.807, 2.05) is 0 Å². The molecule has 0 bridgehead atoms. The Balaban J connectivity index is 2.76. The van der Waals surface area contributed by atoms with Gasteiger partial charge in [0.25, 0.3) is 5.91 Å². The van der Waals surface area contributed by atoms with E-state index in [9.17, 15) is 9.59 Å². The summed E-state index contributed by atoms with van der Waals surface area (Å²) in [5, 5.41) is 0. The topological polar surface area (TPSA) is 76.5 Å². The lowest BCUT2D eigenvalue weighted by Gasteiger charge is -2.13. The Bertz CT molecular complexity index is 361. The molecule has 0 saturated carbocycles. The van der Waals surface area contributed by atoms with Crippen molar-refractivity contribution in [3.8, 4) is 0 Å². The van der Waals surface area contributed by atoms with Gasteiger partial charge in [0, 0.05) is 7.05 Å². The lowest BCUT2D eigenvalue weighted by molar-refractivity contribution is -0.118. The molecular formula is C8H9BrN2O3. The zero-order valence-corrected chi connectivity index (χ0v) is 9.08. The molecule has 1 aromatic heterocycles. The molecule has 0 saturated heterocycles. The third kappa shape index (κ3) is 2.35. The van der Waals surface area contributed by atoms with Gasteiger partial charge in [-0.05, 0) is 22.0 Å². The quantitative estimate of drug-likeness (QED) is 0.865. The van der Waals surface area contributed by atoms with E-state index in [1.54, 1.807) is 0 Å². The van der Waals surface area contributed by atoms with Crippen molar-refractivity contribution >= 4 is 27.7 Å². The molecule has 1 rings (SSSR count). The van der Waals surface area contributed by atoms with E-state index in [2.05, 4.69) is 15.9 Å². The fraction of sp³-hybridized carbons (Fsp3) is 0.250. The largest absolute Gasteiger partial charge is 0.457 e. The van der Waals surface area contributed by atoms with Gasteiger partial charge >= 0.3 is 0 Å². The molecule has 1 aromatic rings. The van der Waals surface area contributed by atoms with Gasteiger partial charge in [-0.1, -0.05) is 0 Å². The van der Waals surface area contributed by atoms with Crippen LogP contribution < -0.4 is 5.73 Å². The fourth-order valence-corrected chi connectivity index (χ4v) is 1.37. The number of likely N-dealkylation sites (N-methyl/N-ethyl adjacent to an activating group) is 1. The number of nitrogens with zero attached hydrogens (tertiary/aromatic N) is 1. The first-order valence-electron chi connectivity index (χ1n) is 3.79. The molecule has 0 aromatic carbocycles. The van der Waals surface area contributed by atoms with Crippen LogP contribution in [-0.4, -0.2) is 30.3 Å². The average Bonchev–Trinajstić information content (AvgIpc) is 2.48. The number of carbonyl (C=O) groups is 2. The lowest BCUT2D eigenvalue weighted by Crippen LogP contribution is -2.35. The van der Waals surface area contributed by atoms with E-state index >= 15 is 0 Å². The number of furan rings is 1. The molecule has 0 aliphatic rings. The first-order valence-corrected chi connectivity index (χ1v) is 4.58. The Morgan fingerprint density at radius 2 is 2.29 bits per heavy atom. The highest BCUT2D eigenvalue weighted by atomic mass is 79.9. The standard InChI is InChI=1S/C8H9BrN2O3/c1-11(4-6(10)12)8(13)5-2-3-14-7(5)9/h2-3H,4H2,1H3,(H2,10,12). The van der Waals surface area contributed by atoms with Gasteiger partial charge in [0.05, 0.1) is 18.4 Å². The van der Waals surface area contributed by atoms with Crippen LogP contribution in [0.25, 0.3) is 0 Å². The monoisotopic (exact) mass is 260 g/mol. The average molecular weight is 261 g/mol. The van der Waals surface area contributed by atoms with Crippen molar-refractivity contribution in [1.82, 2.24) is 4.90 Å². The summed E-state index contributed by atoms with van der Waals surface area (Å²) in [7, 11) is 1.49. The normalized spacial score (nSPS) is 9.86. The molecule has 6 heteroatoms. The van der Waals surface area contributed by atoms with Crippen LogP contribution >= 0.6 is 15.9 Å². The van der Waals surface area contributed by atoms with E-state index in [0.29, 0.717) is 10.2 Å². The molecule has 0 aliphatic carbocycles. The molecule has 76 valence electrons. The fourth-order valence-electron chi connectivity index (χ4n) is 0.957. The maximum absolute atomic E-state index is 11.6. The van der Waals surface area contributed by atoms with Crippen molar-refractivity contribution in [2.75, 3.05) is 13.6 Å². The molecule has 5 nitrogen and oxygen atoms in total. The molecule has 0 unspecified atom stereocenters. The van der Waals surface area contributed by atoms with Gasteiger partial charge in [-0.15, -0.1) is 0 Å². The first kappa shape index (κ1) is 10.8. The van der Waals surface area contributed by atoms with E-state index in [4.69, 9.17) is 10.2 Å². The van der Waals surface area contributed by atoms with Gasteiger partial charge in [0.15, 0.2) is 4.67 Å². The predicted molar refractivity (Wildman–Crippen MR) is 52.6 cm³/mol. The molecule has 0 spiro atoms. The second-order valence-electron chi connectivity index (χ2n) is 2.74. The number of rotatable bonds is 3. The molecule has 0 aliphatic heterocycles. The Kier molecular flexibility index (Phi) is 3.29. The van der Waals surface area contributed by atoms with Gasteiger partial charge < -0.3 is 15.1 Å². The van der Waals surface area contributed by atoms with E-state index < -0.39 is 5.91 Å². The number of hydrogen-bond donors (Lipinski definition) is 1. The Hall–Kier alpha value is -1.30. The van der Waals surface area contributed by atoms with E-state index in [1.165, 1.54) is 24.3 Å². The van der Waals surface area contributed by atoms with Crippen LogP contribution in [0.4, 0.5) is 0 Å². The third-order valence-corrected chi connectivity index (χ3v) is 2.20. The second kappa shape index (κ2) is 4.28. The molecule has 0 radical (unpaired) electrons. The van der Waals surface area contributed by atoms with Crippen molar-refractivity contribution in [3.63, 3.8) is 0 Å². The molecule has 0 atom stereocenters. The minimum atomic E-state index is -0.555. The van der Waals surface area contributed by atoms with Gasteiger partial charge in [-0.2, -0.15) is 0 Å². The molecule has 1 heterocycles. The molecular weight excluding hydrogens is 252 g/mol. The highest BCUT2D eigenvalue weighted by Gasteiger charge is 2.17.